The van der Waals surface area contributed by atoms with E-state index < -0.39 is 0 Å². The van der Waals surface area contributed by atoms with Crippen LogP contribution in [-0.2, 0) is 4.79 Å². The molecule has 0 aliphatic heterocycles. The Kier molecular flexibility index (Phi) is 17.0. The largest absolute Gasteiger partial charge is 0.358 e. The lowest BCUT2D eigenvalue weighted by Crippen LogP contribution is -2.20. The summed E-state index contributed by atoms with van der Waals surface area (Å²) in [6.07, 6.45) is 16.9. The van der Waals surface area contributed by atoms with Crippen LogP contribution in [0.1, 0.15) is 52.4 Å². The van der Waals surface area contributed by atoms with Crippen LogP contribution in [0.5, 0.6) is 0 Å². The van der Waals surface area contributed by atoms with Crippen molar-refractivity contribution in [2.45, 2.75) is 52.4 Å². The Morgan fingerprint density at radius 1 is 1.13 bits per heavy atom. The van der Waals surface area contributed by atoms with Crippen LogP contribution in [0, 0.1) is 18.8 Å². The molecule has 0 saturated heterocycles. The summed E-state index contributed by atoms with van der Waals surface area (Å²) in [6, 6.07) is 0. The average Bonchev–Trinajstić information content (AvgIpc) is 2.60. The van der Waals surface area contributed by atoms with Crippen LogP contribution in [0.15, 0.2) is 0 Å². The van der Waals surface area contributed by atoms with Gasteiger partial charge in [0.05, 0.1) is 0 Å². The van der Waals surface area contributed by atoms with E-state index >= 15 is 0 Å². The minimum absolute atomic E-state index is 0.752. The number of nitrogens with one attached hydrogen (secondary N) is 1. The molecule has 0 bridgehead atoms. The molecule has 15 heavy (non-hydrogen) atoms. The Labute approximate surface area is 94.8 Å². The summed E-state index contributed by atoms with van der Waals surface area (Å²) in [5.41, 5.74) is 0. The molecule has 1 N–H and O–H groups in total. The Bertz CT molecular complexity index is 135. The summed E-state index contributed by atoms with van der Waals surface area (Å²) in [5, 5.41) is 2.77. The third kappa shape index (κ3) is 11.0. The molecule has 1 aliphatic carbocycles. The van der Waals surface area contributed by atoms with Crippen LogP contribution < -0.4 is 5.32 Å². The first kappa shape index (κ1) is 16.5. The van der Waals surface area contributed by atoms with Gasteiger partial charge in [-0.2, -0.15) is 0 Å². The SMILES string of the molecule is C#C.CC.O=CNCC1CCCCCC1. The normalized spacial score (nSPS) is 15.7. The van der Waals surface area contributed by atoms with Crippen LogP contribution in [0.2, 0.25) is 0 Å². The van der Waals surface area contributed by atoms with E-state index in [1.165, 1.54) is 38.5 Å². The molecule has 2 heteroatoms. The van der Waals surface area contributed by atoms with Gasteiger partial charge in [0.25, 0.3) is 0 Å². The van der Waals surface area contributed by atoms with Crippen molar-refractivity contribution in [3.63, 3.8) is 0 Å². The standard InChI is InChI=1S/C9H17NO.C2H6.C2H2/c11-8-10-7-9-5-3-1-2-4-6-9;2*1-2/h8-9H,1-7H2,(H,10,11);1-2H3;1-2H. The van der Waals surface area contributed by atoms with Crippen LogP contribution >= 0.6 is 0 Å². The van der Waals surface area contributed by atoms with Crippen molar-refractivity contribution < 1.29 is 4.79 Å². The van der Waals surface area contributed by atoms with E-state index in [0.29, 0.717) is 0 Å². The van der Waals surface area contributed by atoms with Gasteiger partial charge in [-0.05, 0) is 18.8 Å². The highest BCUT2D eigenvalue weighted by atomic mass is 16.1. The van der Waals surface area contributed by atoms with E-state index in [1.54, 1.807) is 0 Å². The highest BCUT2D eigenvalue weighted by Gasteiger charge is 2.10. The summed E-state index contributed by atoms with van der Waals surface area (Å²) in [6.45, 7) is 4.89. The molecular formula is C13H25NO. The van der Waals surface area contributed by atoms with E-state index in [1.807, 2.05) is 13.8 Å². The van der Waals surface area contributed by atoms with Gasteiger partial charge in [0.2, 0.25) is 6.41 Å². The lowest BCUT2D eigenvalue weighted by Gasteiger charge is -2.11. The zero-order valence-corrected chi connectivity index (χ0v) is 10.2. The summed E-state index contributed by atoms with van der Waals surface area (Å²) < 4.78 is 0. The molecule has 0 atom stereocenters. The van der Waals surface area contributed by atoms with Gasteiger partial charge < -0.3 is 5.32 Å². The van der Waals surface area contributed by atoms with Crippen LogP contribution in [0.25, 0.3) is 0 Å². The molecule has 0 spiro atoms. The average molecular weight is 211 g/mol. The smallest absolute Gasteiger partial charge is 0.207 e. The predicted octanol–water partition coefficient (Wildman–Crippen LogP) is 2.98. The lowest BCUT2D eigenvalue weighted by molar-refractivity contribution is -0.109. The molecule has 1 fully saturated rings. The summed E-state index contributed by atoms with van der Waals surface area (Å²) in [7, 11) is 0. The number of hydrogen-bond donors (Lipinski definition) is 1. The zero-order chi connectivity index (χ0) is 11.9. The van der Waals surface area contributed by atoms with Gasteiger partial charge in [0.1, 0.15) is 0 Å². The van der Waals surface area contributed by atoms with Gasteiger partial charge in [0.15, 0.2) is 0 Å². The van der Waals surface area contributed by atoms with Gasteiger partial charge in [0, 0.05) is 6.54 Å². The second-order valence-corrected chi connectivity index (χ2v) is 3.38. The van der Waals surface area contributed by atoms with E-state index in [2.05, 4.69) is 18.2 Å². The number of carbonyl (C=O) groups excluding carboxylic acids is 1. The maximum absolute atomic E-state index is 10.0. The fourth-order valence-electron chi connectivity index (χ4n) is 1.78. The van der Waals surface area contributed by atoms with Crippen LogP contribution in [-0.4, -0.2) is 13.0 Å². The summed E-state index contributed by atoms with van der Waals surface area (Å²) in [5.74, 6) is 0.752. The first-order valence-electron chi connectivity index (χ1n) is 5.94. The van der Waals surface area contributed by atoms with Crippen LogP contribution in [0.4, 0.5) is 0 Å². The molecule has 1 rings (SSSR count). The Balaban J connectivity index is 0. The number of rotatable bonds is 3. The third-order valence-electron chi connectivity index (χ3n) is 2.46. The van der Waals surface area contributed by atoms with Crippen molar-refractivity contribution in [1.29, 1.82) is 0 Å². The lowest BCUT2D eigenvalue weighted by atomic mass is 10.0. The first-order chi connectivity index (χ1) is 7.43. The Hall–Kier alpha value is -0.970. The number of hydrogen-bond acceptors (Lipinski definition) is 1. The predicted molar refractivity (Wildman–Crippen MR) is 66.5 cm³/mol. The molecule has 0 radical (unpaired) electrons. The highest BCUT2D eigenvalue weighted by Crippen LogP contribution is 2.21. The second kappa shape index (κ2) is 15.5. The highest BCUT2D eigenvalue weighted by molar-refractivity contribution is 5.45. The molecule has 88 valence electrons. The summed E-state index contributed by atoms with van der Waals surface area (Å²) in [4.78, 5) is 10.0. The molecule has 0 aromatic heterocycles. The molecule has 1 aliphatic rings. The van der Waals surface area contributed by atoms with E-state index in [9.17, 15) is 4.79 Å². The van der Waals surface area contributed by atoms with Gasteiger partial charge in [-0.1, -0.05) is 39.5 Å². The number of carbonyl (C=O) groups is 1. The molecule has 1 saturated carbocycles. The molecule has 2 nitrogen and oxygen atoms in total. The van der Waals surface area contributed by atoms with E-state index in [0.717, 1.165) is 18.9 Å². The molecule has 0 aromatic rings. The minimum Gasteiger partial charge on any atom is -0.358 e. The fraction of sp³-hybridized carbons (Fsp3) is 0.769. The van der Waals surface area contributed by atoms with Crippen molar-refractivity contribution in [2.24, 2.45) is 5.92 Å². The Morgan fingerprint density at radius 2 is 1.60 bits per heavy atom. The fourth-order valence-corrected chi connectivity index (χ4v) is 1.78. The van der Waals surface area contributed by atoms with Crippen molar-refractivity contribution in [2.75, 3.05) is 6.54 Å². The van der Waals surface area contributed by atoms with Crippen LogP contribution in [0.3, 0.4) is 0 Å². The van der Waals surface area contributed by atoms with Gasteiger partial charge >= 0.3 is 0 Å². The van der Waals surface area contributed by atoms with Crippen molar-refractivity contribution in [3.8, 4) is 12.8 Å². The molecule has 0 aromatic carbocycles. The first-order valence-corrected chi connectivity index (χ1v) is 5.94. The van der Waals surface area contributed by atoms with Crippen molar-refractivity contribution in [3.05, 3.63) is 0 Å². The summed E-state index contributed by atoms with van der Waals surface area (Å²) >= 11 is 0. The zero-order valence-electron chi connectivity index (χ0n) is 10.2. The van der Waals surface area contributed by atoms with Crippen molar-refractivity contribution in [1.82, 2.24) is 5.32 Å². The minimum atomic E-state index is 0.752. The maximum atomic E-state index is 10.0. The number of terminal acetylenes is 1. The maximum Gasteiger partial charge on any atom is 0.207 e. The third-order valence-corrected chi connectivity index (χ3v) is 2.46. The second-order valence-electron chi connectivity index (χ2n) is 3.38. The molecule has 1 amide bonds. The van der Waals surface area contributed by atoms with E-state index in [-0.39, 0.29) is 0 Å². The van der Waals surface area contributed by atoms with Gasteiger partial charge in [-0.15, -0.1) is 12.8 Å². The molecule has 0 unspecified atom stereocenters. The quantitative estimate of drug-likeness (QED) is 0.434. The molecular weight excluding hydrogens is 186 g/mol. The Morgan fingerprint density at radius 3 is 2.00 bits per heavy atom. The van der Waals surface area contributed by atoms with E-state index in [4.69, 9.17) is 0 Å². The molecule has 0 heterocycles. The monoisotopic (exact) mass is 211 g/mol. The van der Waals surface area contributed by atoms with Gasteiger partial charge in [-0.3, -0.25) is 4.79 Å². The van der Waals surface area contributed by atoms with Crippen molar-refractivity contribution >= 4 is 6.41 Å². The topological polar surface area (TPSA) is 29.1 Å². The van der Waals surface area contributed by atoms with Gasteiger partial charge in [-0.25, -0.2) is 0 Å². The number of amides is 1.